The molecule has 1 heterocycles. The van der Waals surface area contributed by atoms with E-state index in [2.05, 4.69) is 24.1 Å². The quantitative estimate of drug-likeness (QED) is 0.734. The summed E-state index contributed by atoms with van der Waals surface area (Å²) in [5, 5.41) is 4.36. The van der Waals surface area contributed by atoms with Gasteiger partial charge in [0.25, 0.3) is 0 Å². The first-order valence-electron chi connectivity index (χ1n) is 5.08. The summed E-state index contributed by atoms with van der Waals surface area (Å²) in [7, 11) is 0. The second kappa shape index (κ2) is 3.77. The molecule has 0 spiro atoms. The number of nitrogens with zero attached hydrogens (tertiary/aromatic N) is 1. The van der Waals surface area contributed by atoms with Gasteiger partial charge in [0.1, 0.15) is 0 Å². The number of nitrogen functional groups attached to an aromatic ring is 1. The van der Waals surface area contributed by atoms with Crippen LogP contribution in [0.15, 0.2) is 30.5 Å². The number of nitrogens with two attached hydrogens (primary N) is 1. The lowest BCUT2D eigenvalue weighted by atomic mass is 10.1. The van der Waals surface area contributed by atoms with Crippen LogP contribution in [0, 0.1) is 0 Å². The normalized spacial score (nSPS) is 10.9. The van der Waals surface area contributed by atoms with Crippen molar-refractivity contribution in [3.63, 3.8) is 0 Å². The maximum absolute atomic E-state index is 5.89. The molecular formula is C12H15N3. The molecule has 1 aromatic heterocycles. The van der Waals surface area contributed by atoms with E-state index < -0.39 is 0 Å². The van der Waals surface area contributed by atoms with Crippen LogP contribution in [-0.2, 0) is 0 Å². The Morgan fingerprint density at radius 3 is 2.80 bits per heavy atom. The van der Waals surface area contributed by atoms with Crippen molar-refractivity contribution in [1.29, 1.82) is 0 Å². The fourth-order valence-corrected chi connectivity index (χ4v) is 1.62. The van der Waals surface area contributed by atoms with Crippen LogP contribution < -0.4 is 11.1 Å². The van der Waals surface area contributed by atoms with Crippen LogP contribution in [-0.4, -0.2) is 11.0 Å². The summed E-state index contributed by atoms with van der Waals surface area (Å²) in [6, 6.07) is 8.17. The van der Waals surface area contributed by atoms with Crippen LogP contribution in [0.25, 0.3) is 10.9 Å². The van der Waals surface area contributed by atoms with Gasteiger partial charge in [-0.25, -0.2) is 0 Å². The lowest BCUT2D eigenvalue weighted by molar-refractivity contribution is 0.901. The molecule has 0 unspecified atom stereocenters. The van der Waals surface area contributed by atoms with Gasteiger partial charge >= 0.3 is 0 Å². The molecule has 0 bridgehead atoms. The molecule has 0 aliphatic rings. The largest absolute Gasteiger partial charge is 0.398 e. The molecule has 1 aromatic carbocycles. The Morgan fingerprint density at radius 2 is 2.07 bits per heavy atom. The third-order valence-corrected chi connectivity index (χ3v) is 2.25. The minimum absolute atomic E-state index is 0.388. The highest BCUT2D eigenvalue weighted by molar-refractivity contribution is 5.98. The fraction of sp³-hybridized carbons (Fsp3) is 0.250. The molecule has 0 aliphatic carbocycles. The molecule has 0 radical (unpaired) electrons. The molecule has 0 amide bonds. The Bertz CT molecular complexity index is 477. The van der Waals surface area contributed by atoms with Gasteiger partial charge < -0.3 is 11.1 Å². The van der Waals surface area contributed by atoms with Gasteiger partial charge in [-0.3, -0.25) is 4.98 Å². The van der Waals surface area contributed by atoms with Crippen molar-refractivity contribution in [3.8, 4) is 0 Å². The van der Waals surface area contributed by atoms with Crippen LogP contribution in [0.3, 0.4) is 0 Å². The second-order valence-corrected chi connectivity index (χ2v) is 3.90. The Hall–Kier alpha value is -1.77. The average Bonchev–Trinajstić information content (AvgIpc) is 2.22. The number of aromatic nitrogens is 1. The number of hydrogen-bond donors (Lipinski definition) is 2. The van der Waals surface area contributed by atoms with E-state index >= 15 is 0 Å². The predicted molar refractivity (Wildman–Crippen MR) is 64.9 cm³/mol. The molecule has 3 heteroatoms. The van der Waals surface area contributed by atoms with E-state index in [-0.39, 0.29) is 0 Å². The molecular weight excluding hydrogens is 186 g/mol. The standard InChI is InChI=1S/C12H15N3/c1-8(2)15-11-6-5-10(13)9-4-3-7-14-12(9)11/h3-8,15H,13H2,1-2H3. The molecule has 15 heavy (non-hydrogen) atoms. The van der Waals surface area contributed by atoms with Crippen LogP contribution in [0.4, 0.5) is 11.4 Å². The van der Waals surface area contributed by atoms with Gasteiger partial charge in [-0.15, -0.1) is 0 Å². The van der Waals surface area contributed by atoms with E-state index in [1.54, 1.807) is 6.20 Å². The maximum atomic E-state index is 5.89. The lowest BCUT2D eigenvalue weighted by Crippen LogP contribution is -2.10. The number of hydrogen-bond acceptors (Lipinski definition) is 3. The summed E-state index contributed by atoms with van der Waals surface area (Å²) in [6.45, 7) is 4.20. The first-order chi connectivity index (χ1) is 7.18. The lowest BCUT2D eigenvalue weighted by Gasteiger charge is -2.12. The number of anilines is 2. The molecule has 78 valence electrons. The van der Waals surface area contributed by atoms with Crippen molar-refractivity contribution < 1.29 is 0 Å². The van der Waals surface area contributed by atoms with E-state index in [0.29, 0.717) is 6.04 Å². The Labute approximate surface area is 89.3 Å². The van der Waals surface area contributed by atoms with Crippen molar-refractivity contribution in [1.82, 2.24) is 4.98 Å². The Morgan fingerprint density at radius 1 is 1.27 bits per heavy atom. The third-order valence-electron chi connectivity index (χ3n) is 2.25. The van der Waals surface area contributed by atoms with Gasteiger partial charge in [-0.2, -0.15) is 0 Å². The highest BCUT2D eigenvalue weighted by Crippen LogP contribution is 2.26. The van der Waals surface area contributed by atoms with E-state index in [0.717, 1.165) is 22.3 Å². The highest BCUT2D eigenvalue weighted by Gasteiger charge is 2.05. The summed E-state index contributed by atoms with van der Waals surface area (Å²) in [4.78, 5) is 4.35. The Kier molecular flexibility index (Phi) is 2.46. The molecule has 0 fully saturated rings. The van der Waals surface area contributed by atoms with E-state index in [9.17, 15) is 0 Å². The zero-order chi connectivity index (χ0) is 10.8. The van der Waals surface area contributed by atoms with E-state index in [4.69, 9.17) is 5.73 Å². The molecule has 2 rings (SSSR count). The third kappa shape index (κ3) is 1.86. The van der Waals surface area contributed by atoms with E-state index in [1.165, 1.54) is 0 Å². The minimum atomic E-state index is 0.388. The van der Waals surface area contributed by atoms with Crippen molar-refractivity contribution in [2.75, 3.05) is 11.1 Å². The van der Waals surface area contributed by atoms with Crippen LogP contribution in [0.2, 0.25) is 0 Å². The molecule has 0 saturated carbocycles. The maximum Gasteiger partial charge on any atom is 0.0953 e. The monoisotopic (exact) mass is 201 g/mol. The van der Waals surface area contributed by atoms with Crippen LogP contribution in [0.1, 0.15) is 13.8 Å². The predicted octanol–water partition coefficient (Wildman–Crippen LogP) is 2.64. The molecule has 0 aliphatic heterocycles. The number of fused-ring (bicyclic) bond motifs is 1. The van der Waals surface area contributed by atoms with Gasteiger partial charge in [0.2, 0.25) is 0 Å². The van der Waals surface area contributed by atoms with E-state index in [1.807, 2.05) is 24.3 Å². The average molecular weight is 201 g/mol. The second-order valence-electron chi connectivity index (χ2n) is 3.90. The first-order valence-corrected chi connectivity index (χ1v) is 5.08. The fourth-order valence-electron chi connectivity index (χ4n) is 1.62. The summed E-state index contributed by atoms with van der Waals surface area (Å²) in [5.74, 6) is 0. The number of nitrogens with one attached hydrogen (secondary N) is 1. The summed E-state index contributed by atoms with van der Waals surface area (Å²) in [6.07, 6.45) is 1.78. The summed E-state index contributed by atoms with van der Waals surface area (Å²) >= 11 is 0. The van der Waals surface area contributed by atoms with Gasteiger partial charge in [-0.1, -0.05) is 0 Å². The van der Waals surface area contributed by atoms with Gasteiger partial charge in [0.05, 0.1) is 11.2 Å². The van der Waals surface area contributed by atoms with Crippen LogP contribution in [0.5, 0.6) is 0 Å². The number of rotatable bonds is 2. The molecule has 3 nitrogen and oxygen atoms in total. The SMILES string of the molecule is CC(C)Nc1ccc(N)c2cccnc12. The topological polar surface area (TPSA) is 50.9 Å². The smallest absolute Gasteiger partial charge is 0.0953 e. The molecule has 3 N–H and O–H groups in total. The minimum Gasteiger partial charge on any atom is -0.398 e. The van der Waals surface area contributed by atoms with Crippen molar-refractivity contribution >= 4 is 22.3 Å². The summed E-state index contributed by atoms with van der Waals surface area (Å²) < 4.78 is 0. The zero-order valence-electron chi connectivity index (χ0n) is 8.99. The zero-order valence-corrected chi connectivity index (χ0v) is 8.99. The van der Waals surface area contributed by atoms with Crippen LogP contribution >= 0.6 is 0 Å². The highest BCUT2D eigenvalue weighted by atomic mass is 14.9. The number of benzene rings is 1. The molecule has 0 atom stereocenters. The summed E-state index contributed by atoms with van der Waals surface area (Å²) in [5.41, 5.74) is 8.63. The van der Waals surface area contributed by atoms with Gasteiger partial charge in [0.15, 0.2) is 0 Å². The first kappa shape index (κ1) is 9.77. The number of pyridine rings is 1. The Balaban J connectivity index is 2.61. The van der Waals surface area contributed by atoms with Gasteiger partial charge in [0, 0.05) is 23.3 Å². The van der Waals surface area contributed by atoms with Crippen molar-refractivity contribution in [2.45, 2.75) is 19.9 Å². The van der Waals surface area contributed by atoms with Gasteiger partial charge in [-0.05, 0) is 38.1 Å². The molecule has 0 saturated heterocycles. The molecule has 2 aromatic rings. The van der Waals surface area contributed by atoms with Crippen molar-refractivity contribution in [2.24, 2.45) is 0 Å². The van der Waals surface area contributed by atoms with Crippen molar-refractivity contribution in [3.05, 3.63) is 30.5 Å².